The monoisotopic (exact) mass is 291 g/mol. The van der Waals surface area contributed by atoms with Crippen LogP contribution in [-0.4, -0.2) is 24.2 Å². The van der Waals surface area contributed by atoms with Crippen molar-refractivity contribution in [3.05, 3.63) is 33.3 Å². The van der Waals surface area contributed by atoms with Crippen molar-refractivity contribution < 1.29 is 4.39 Å². The first-order valence-corrected chi connectivity index (χ1v) is 6.12. The van der Waals surface area contributed by atoms with E-state index < -0.39 is 6.17 Å². The van der Waals surface area contributed by atoms with Crippen molar-refractivity contribution in [3.8, 4) is 0 Å². The summed E-state index contributed by atoms with van der Waals surface area (Å²) in [7, 11) is 0. The molecule has 1 fully saturated rings. The molecule has 4 heteroatoms. The Hall–Kier alpha value is -0.120. The summed E-state index contributed by atoms with van der Waals surface area (Å²) in [5.41, 5.74) is 1.06. The summed E-state index contributed by atoms with van der Waals surface area (Å²) in [6, 6.07) is 5.77. The van der Waals surface area contributed by atoms with Gasteiger partial charge in [0.2, 0.25) is 0 Å². The molecule has 0 amide bonds. The molecule has 15 heavy (non-hydrogen) atoms. The normalized spacial score (nSPS) is 22.2. The summed E-state index contributed by atoms with van der Waals surface area (Å²) in [4.78, 5) is 2.10. The first-order valence-electron chi connectivity index (χ1n) is 4.95. The van der Waals surface area contributed by atoms with Gasteiger partial charge in [-0.1, -0.05) is 27.5 Å². The third-order valence-electron chi connectivity index (χ3n) is 2.62. The largest absolute Gasteiger partial charge is 0.296 e. The molecule has 0 spiro atoms. The van der Waals surface area contributed by atoms with E-state index in [4.69, 9.17) is 11.6 Å². The molecular weight excluding hydrogens is 280 g/mol. The van der Waals surface area contributed by atoms with Crippen LogP contribution in [0.15, 0.2) is 22.7 Å². The smallest absolute Gasteiger partial charge is 0.114 e. The number of hydrogen-bond acceptors (Lipinski definition) is 1. The molecule has 0 bridgehead atoms. The highest BCUT2D eigenvalue weighted by Crippen LogP contribution is 2.24. The highest BCUT2D eigenvalue weighted by Gasteiger charge is 2.22. The summed E-state index contributed by atoms with van der Waals surface area (Å²) in [6.07, 6.45) is -0.0260. The molecule has 0 aromatic heterocycles. The summed E-state index contributed by atoms with van der Waals surface area (Å²) in [5, 5.41) is 0.750. The minimum atomic E-state index is -0.670. The number of hydrogen-bond donors (Lipinski definition) is 0. The molecule has 82 valence electrons. The Morgan fingerprint density at radius 1 is 1.53 bits per heavy atom. The second-order valence-corrected chi connectivity index (χ2v) is 5.18. The summed E-state index contributed by atoms with van der Waals surface area (Å²) >= 11 is 9.48. The minimum Gasteiger partial charge on any atom is -0.296 e. The number of rotatable bonds is 2. The first-order chi connectivity index (χ1) is 7.15. The lowest BCUT2D eigenvalue weighted by molar-refractivity contribution is 0.282. The van der Waals surface area contributed by atoms with Gasteiger partial charge in [-0.2, -0.15) is 0 Å². The van der Waals surface area contributed by atoms with E-state index in [2.05, 4.69) is 20.8 Å². The van der Waals surface area contributed by atoms with Crippen LogP contribution >= 0.6 is 27.5 Å². The highest BCUT2D eigenvalue weighted by atomic mass is 79.9. The van der Waals surface area contributed by atoms with Gasteiger partial charge >= 0.3 is 0 Å². The maximum Gasteiger partial charge on any atom is 0.114 e. The highest BCUT2D eigenvalue weighted by molar-refractivity contribution is 9.10. The lowest BCUT2D eigenvalue weighted by atomic mass is 10.2. The molecule has 0 aliphatic carbocycles. The Labute approximate surface area is 102 Å². The molecule has 1 saturated heterocycles. The maximum atomic E-state index is 13.0. The van der Waals surface area contributed by atoms with Crippen LogP contribution in [0.1, 0.15) is 12.0 Å². The first kappa shape index (κ1) is 11.4. The van der Waals surface area contributed by atoms with Crippen LogP contribution in [0.5, 0.6) is 0 Å². The second kappa shape index (κ2) is 4.81. The van der Waals surface area contributed by atoms with Gasteiger partial charge in [-0.05, 0) is 30.2 Å². The van der Waals surface area contributed by atoms with Crippen LogP contribution in [-0.2, 0) is 6.54 Å². The van der Waals surface area contributed by atoms with Crippen molar-refractivity contribution in [2.45, 2.75) is 19.1 Å². The molecule has 1 atom stereocenters. The Bertz CT molecular complexity index is 358. The lowest BCUT2D eigenvalue weighted by Crippen LogP contribution is -2.20. The summed E-state index contributed by atoms with van der Waals surface area (Å²) in [6.45, 7) is 2.09. The van der Waals surface area contributed by atoms with E-state index in [-0.39, 0.29) is 0 Å². The van der Waals surface area contributed by atoms with Crippen molar-refractivity contribution in [1.82, 2.24) is 4.90 Å². The number of benzene rings is 1. The molecule has 1 aliphatic rings. The summed E-state index contributed by atoms with van der Waals surface area (Å²) in [5.74, 6) is 0. The van der Waals surface area contributed by atoms with Gasteiger partial charge < -0.3 is 0 Å². The van der Waals surface area contributed by atoms with Gasteiger partial charge in [-0.15, -0.1) is 0 Å². The molecule has 1 unspecified atom stereocenters. The number of alkyl halides is 1. The van der Waals surface area contributed by atoms with Gasteiger partial charge in [0.1, 0.15) is 6.17 Å². The van der Waals surface area contributed by atoms with Gasteiger partial charge in [0.05, 0.1) is 0 Å². The predicted octanol–water partition coefficient (Wildman–Crippen LogP) is 3.65. The van der Waals surface area contributed by atoms with Crippen molar-refractivity contribution in [2.24, 2.45) is 0 Å². The van der Waals surface area contributed by atoms with Crippen molar-refractivity contribution in [2.75, 3.05) is 13.1 Å². The zero-order valence-corrected chi connectivity index (χ0v) is 10.6. The fourth-order valence-electron chi connectivity index (χ4n) is 1.83. The standard InChI is InChI=1S/C11H12BrClFN/c12-9-1-2-11(13)8(5-9)6-15-4-3-10(14)7-15/h1-2,5,10H,3-4,6-7H2. The van der Waals surface area contributed by atoms with Crippen LogP contribution < -0.4 is 0 Å². The van der Waals surface area contributed by atoms with E-state index >= 15 is 0 Å². The van der Waals surface area contributed by atoms with Crippen LogP contribution in [0.2, 0.25) is 5.02 Å². The molecule has 0 radical (unpaired) electrons. The Morgan fingerprint density at radius 3 is 3.00 bits per heavy atom. The second-order valence-electron chi connectivity index (χ2n) is 3.86. The third kappa shape index (κ3) is 2.92. The van der Waals surface area contributed by atoms with E-state index in [1.54, 1.807) is 0 Å². The fourth-order valence-corrected chi connectivity index (χ4v) is 2.42. The van der Waals surface area contributed by atoms with E-state index in [9.17, 15) is 4.39 Å². The fraction of sp³-hybridized carbons (Fsp3) is 0.455. The van der Waals surface area contributed by atoms with Crippen LogP contribution in [0.4, 0.5) is 4.39 Å². The molecule has 1 aliphatic heterocycles. The van der Waals surface area contributed by atoms with E-state index in [1.807, 2.05) is 18.2 Å². The Morgan fingerprint density at radius 2 is 2.33 bits per heavy atom. The number of likely N-dealkylation sites (tertiary alicyclic amines) is 1. The van der Waals surface area contributed by atoms with Crippen molar-refractivity contribution in [1.29, 1.82) is 0 Å². The van der Waals surface area contributed by atoms with Gasteiger partial charge in [-0.3, -0.25) is 4.90 Å². The molecule has 1 heterocycles. The molecule has 2 rings (SSSR count). The van der Waals surface area contributed by atoms with Gasteiger partial charge in [-0.25, -0.2) is 4.39 Å². The van der Waals surface area contributed by atoms with Gasteiger partial charge in [0.25, 0.3) is 0 Å². The number of nitrogens with zero attached hydrogens (tertiary/aromatic N) is 1. The molecular formula is C11H12BrClFN. The summed E-state index contributed by atoms with van der Waals surface area (Å²) < 4.78 is 14.0. The molecule has 0 N–H and O–H groups in total. The Balaban J connectivity index is 2.07. The topological polar surface area (TPSA) is 3.24 Å². The van der Waals surface area contributed by atoms with Gasteiger partial charge in [0.15, 0.2) is 0 Å². The average Bonchev–Trinajstić information content (AvgIpc) is 2.58. The van der Waals surface area contributed by atoms with Crippen LogP contribution in [0.3, 0.4) is 0 Å². The predicted molar refractivity (Wildman–Crippen MR) is 63.9 cm³/mol. The van der Waals surface area contributed by atoms with Gasteiger partial charge in [0, 0.05) is 29.1 Å². The quantitative estimate of drug-likeness (QED) is 0.804. The molecule has 0 saturated carbocycles. The lowest BCUT2D eigenvalue weighted by Gasteiger charge is -2.15. The molecule has 1 aromatic rings. The van der Waals surface area contributed by atoms with Crippen molar-refractivity contribution in [3.63, 3.8) is 0 Å². The minimum absolute atomic E-state index is 0.531. The van der Waals surface area contributed by atoms with Crippen LogP contribution in [0, 0.1) is 0 Å². The maximum absolute atomic E-state index is 13.0. The number of halogens is 3. The average molecular weight is 293 g/mol. The zero-order chi connectivity index (χ0) is 10.8. The molecule has 1 nitrogen and oxygen atoms in total. The van der Waals surface area contributed by atoms with E-state index in [0.29, 0.717) is 13.0 Å². The molecule has 1 aromatic carbocycles. The SMILES string of the molecule is FC1CCN(Cc2cc(Br)ccc2Cl)C1. The van der Waals surface area contributed by atoms with Crippen LogP contribution in [0.25, 0.3) is 0 Å². The third-order valence-corrected chi connectivity index (χ3v) is 3.48. The van der Waals surface area contributed by atoms with E-state index in [0.717, 1.165) is 28.1 Å². The zero-order valence-electron chi connectivity index (χ0n) is 8.22. The Kier molecular flexibility index (Phi) is 3.65. The van der Waals surface area contributed by atoms with E-state index in [1.165, 1.54) is 0 Å². The van der Waals surface area contributed by atoms with Crippen molar-refractivity contribution >= 4 is 27.5 Å².